The Morgan fingerprint density at radius 3 is 2.93 bits per heavy atom. The van der Waals surface area contributed by atoms with Gasteiger partial charge >= 0.3 is 6.01 Å². The largest absolute Gasteiger partial charge is 0.508 e. The van der Waals surface area contributed by atoms with Crippen LogP contribution in [0.2, 0.25) is 0 Å². The molecule has 1 N–H and O–H groups in total. The van der Waals surface area contributed by atoms with Crippen molar-refractivity contribution in [3.05, 3.63) is 47.7 Å². The molecular formula is C32H28F3N5O4. The van der Waals surface area contributed by atoms with Crippen LogP contribution in [-0.2, 0) is 9.53 Å². The third kappa shape index (κ3) is 4.76. The number of phenols is 1. The molecule has 0 spiro atoms. The predicted octanol–water partition coefficient (Wildman–Crippen LogP) is 4.17. The standard InChI is InChI=1S/C32H28F3N5O4/c1-2-22-25(34)5-4-18-10-20(41)11-23(26(18)22)28-27(35)29-24(13-36-28)30(39-8-9-43-16-21(42)15-39)38-31(37-29)44-17-32-6-3-7-40(32)14-19(33)12-32/h1,4-5,10-11,13,19,41H,3,6-9,12,14-17H2/t19-,32+/m1/s1. The van der Waals surface area contributed by atoms with E-state index in [9.17, 15) is 18.7 Å². The topological polar surface area (TPSA) is 101 Å². The highest BCUT2D eigenvalue weighted by Gasteiger charge is 2.49. The summed E-state index contributed by atoms with van der Waals surface area (Å²) in [4.78, 5) is 29.6. The first-order chi connectivity index (χ1) is 21.3. The van der Waals surface area contributed by atoms with Gasteiger partial charge in [0.2, 0.25) is 0 Å². The minimum atomic E-state index is -0.962. The average molecular weight is 604 g/mol. The van der Waals surface area contributed by atoms with Crippen molar-refractivity contribution in [3.63, 3.8) is 0 Å². The number of rotatable bonds is 5. The van der Waals surface area contributed by atoms with Crippen LogP contribution in [0.4, 0.5) is 19.0 Å². The highest BCUT2D eigenvalue weighted by molar-refractivity contribution is 6.03. The fourth-order valence-electron chi connectivity index (χ4n) is 6.79. The first-order valence-corrected chi connectivity index (χ1v) is 14.4. The van der Waals surface area contributed by atoms with Gasteiger partial charge in [0, 0.05) is 36.7 Å². The average Bonchev–Trinajstić information content (AvgIpc) is 3.43. The zero-order valence-corrected chi connectivity index (χ0v) is 23.7. The van der Waals surface area contributed by atoms with Gasteiger partial charge < -0.3 is 19.5 Å². The van der Waals surface area contributed by atoms with Crippen LogP contribution in [0, 0.1) is 24.0 Å². The maximum absolute atomic E-state index is 16.6. The van der Waals surface area contributed by atoms with Gasteiger partial charge in [-0.3, -0.25) is 14.7 Å². The number of pyridine rings is 1. The number of ketones is 1. The van der Waals surface area contributed by atoms with E-state index in [4.69, 9.17) is 15.9 Å². The number of benzene rings is 2. The van der Waals surface area contributed by atoms with Crippen molar-refractivity contribution in [2.75, 3.05) is 50.9 Å². The zero-order chi connectivity index (χ0) is 30.6. The number of alkyl halides is 1. The second-order valence-corrected chi connectivity index (χ2v) is 11.5. The Morgan fingerprint density at radius 1 is 1.23 bits per heavy atom. The molecule has 5 heterocycles. The van der Waals surface area contributed by atoms with E-state index in [1.165, 1.54) is 30.5 Å². The number of anilines is 1. The molecule has 7 rings (SSSR count). The molecule has 0 unspecified atom stereocenters. The fraction of sp³-hybridized carbons (Fsp3) is 0.375. The Kier molecular flexibility index (Phi) is 7.02. The summed E-state index contributed by atoms with van der Waals surface area (Å²) in [5.74, 6) is 0.627. The Hall–Kier alpha value is -4.47. The van der Waals surface area contributed by atoms with Crippen molar-refractivity contribution in [1.29, 1.82) is 0 Å². The van der Waals surface area contributed by atoms with E-state index in [2.05, 4.69) is 25.8 Å². The van der Waals surface area contributed by atoms with E-state index in [0.717, 1.165) is 19.4 Å². The van der Waals surface area contributed by atoms with E-state index in [0.29, 0.717) is 24.9 Å². The Balaban J connectivity index is 1.39. The molecule has 0 aliphatic carbocycles. The molecule has 0 bridgehead atoms. The van der Waals surface area contributed by atoms with Crippen molar-refractivity contribution in [3.8, 4) is 35.4 Å². The number of halogens is 3. The molecule has 3 fully saturated rings. The van der Waals surface area contributed by atoms with Crippen molar-refractivity contribution in [2.24, 2.45) is 0 Å². The third-order valence-electron chi connectivity index (χ3n) is 8.76. The minimum Gasteiger partial charge on any atom is -0.508 e. The number of carbonyl (C=O) groups excluding carboxylic acids is 1. The van der Waals surface area contributed by atoms with Gasteiger partial charge in [-0.15, -0.1) is 6.42 Å². The number of aromatic nitrogens is 3. The van der Waals surface area contributed by atoms with E-state index < -0.39 is 23.3 Å². The quantitative estimate of drug-likeness (QED) is 0.337. The molecule has 9 nitrogen and oxygen atoms in total. The maximum atomic E-state index is 16.6. The highest BCUT2D eigenvalue weighted by atomic mass is 19.1. The highest BCUT2D eigenvalue weighted by Crippen LogP contribution is 2.41. The van der Waals surface area contributed by atoms with Crippen LogP contribution >= 0.6 is 0 Å². The first kappa shape index (κ1) is 28.3. The van der Waals surface area contributed by atoms with Gasteiger partial charge in [0.25, 0.3) is 0 Å². The minimum absolute atomic E-state index is 0.0296. The molecule has 3 aliphatic heterocycles. The molecule has 2 atom stereocenters. The van der Waals surface area contributed by atoms with Crippen molar-refractivity contribution < 1.29 is 32.5 Å². The Morgan fingerprint density at radius 2 is 2.09 bits per heavy atom. The van der Waals surface area contributed by atoms with Crippen LogP contribution < -0.4 is 9.64 Å². The van der Waals surface area contributed by atoms with Crippen LogP contribution in [0.15, 0.2) is 30.5 Å². The van der Waals surface area contributed by atoms with Crippen molar-refractivity contribution in [1.82, 2.24) is 19.9 Å². The monoisotopic (exact) mass is 603 g/mol. The molecule has 2 aromatic carbocycles. The van der Waals surface area contributed by atoms with Gasteiger partial charge in [-0.05, 0) is 43.0 Å². The first-order valence-electron chi connectivity index (χ1n) is 14.4. The molecule has 3 aliphatic rings. The van der Waals surface area contributed by atoms with Gasteiger partial charge in [0.05, 0.1) is 29.6 Å². The number of terminal acetylenes is 1. The molecule has 0 saturated carbocycles. The predicted molar refractivity (Wildman–Crippen MR) is 156 cm³/mol. The maximum Gasteiger partial charge on any atom is 0.319 e. The molecule has 0 radical (unpaired) electrons. The number of nitrogens with zero attached hydrogens (tertiary/aromatic N) is 5. The van der Waals surface area contributed by atoms with E-state index >= 15 is 4.39 Å². The summed E-state index contributed by atoms with van der Waals surface area (Å²) in [6.07, 6.45) is 8.04. The lowest BCUT2D eigenvalue weighted by atomic mass is 9.95. The van der Waals surface area contributed by atoms with Gasteiger partial charge in [0.1, 0.15) is 48.0 Å². The number of Topliss-reactive ketones (excluding diaryl/α,β-unsaturated/α-hetero) is 1. The Bertz CT molecular complexity index is 1860. The molecule has 4 aromatic rings. The summed E-state index contributed by atoms with van der Waals surface area (Å²) in [5.41, 5.74) is -0.894. The second kappa shape index (κ2) is 10.9. The molecule has 3 saturated heterocycles. The van der Waals surface area contributed by atoms with Crippen LogP contribution in [0.1, 0.15) is 24.8 Å². The normalized spacial score (nSPS) is 22.4. The summed E-state index contributed by atoms with van der Waals surface area (Å²) in [7, 11) is 0. The molecule has 226 valence electrons. The summed E-state index contributed by atoms with van der Waals surface area (Å²) in [5, 5.41) is 11.3. The van der Waals surface area contributed by atoms with E-state index in [-0.39, 0.29) is 82.8 Å². The molecule has 12 heteroatoms. The lowest BCUT2D eigenvalue weighted by Crippen LogP contribution is -2.43. The fourth-order valence-corrected chi connectivity index (χ4v) is 6.79. The molecule has 2 aromatic heterocycles. The molecule has 44 heavy (non-hydrogen) atoms. The van der Waals surface area contributed by atoms with Gasteiger partial charge in [-0.2, -0.15) is 9.97 Å². The van der Waals surface area contributed by atoms with Gasteiger partial charge in [-0.1, -0.05) is 12.0 Å². The number of hydrogen-bond donors (Lipinski definition) is 1. The van der Waals surface area contributed by atoms with Crippen LogP contribution in [-0.4, -0.2) is 88.5 Å². The number of hydrogen-bond acceptors (Lipinski definition) is 9. The molecule has 0 amide bonds. The van der Waals surface area contributed by atoms with Crippen molar-refractivity contribution >= 4 is 33.3 Å². The zero-order valence-electron chi connectivity index (χ0n) is 23.7. The lowest BCUT2D eigenvalue weighted by molar-refractivity contribution is -0.121. The van der Waals surface area contributed by atoms with Gasteiger partial charge in [0.15, 0.2) is 11.6 Å². The SMILES string of the molecule is C#Cc1c(F)ccc2cc(O)cc(-c3ncc4c(N5CCOCC(=O)C5)nc(OC[C@@]56CCCN5C[C@H](F)C6)nc4c3F)c12. The smallest absolute Gasteiger partial charge is 0.319 e. The number of phenolic OH excluding ortho intramolecular Hbond substituents is 1. The second-order valence-electron chi connectivity index (χ2n) is 11.5. The Labute approximate surface area is 250 Å². The summed E-state index contributed by atoms with van der Waals surface area (Å²) in [6.45, 7) is 1.67. The summed E-state index contributed by atoms with van der Waals surface area (Å²) in [6, 6.07) is 5.15. The number of carbonyl (C=O) groups is 1. The van der Waals surface area contributed by atoms with Crippen molar-refractivity contribution in [2.45, 2.75) is 31.0 Å². The summed E-state index contributed by atoms with van der Waals surface area (Å²) < 4.78 is 57.3. The van der Waals surface area contributed by atoms with Crippen LogP contribution in [0.3, 0.4) is 0 Å². The van der Waals surface area contributed by atoms with Crippen LogP contribution in [0.5, 0.6) is 11.8 Å². The number of aromatic hydroxyl groups is 1. The van der Waals surface area contributed by atoms with E-state index in [1.54, 1.807) is 4.90 Å². The summed E-state index contributed by atoms with van der Waals surface area (Å²) >= 11 is 0. The van der Waals surface area contributed by atoms with E-state index in [1.807, 2.05) is 0 Å². The van der Waals surface area contributed by atoms with Gasteiger partial charge in [-0.25, -0.2) is 13.2 Å². The number of fused-ring (bicyclic) bond motifs is 3. The molecular weight excluding hydrogens is 575 g/mol. The van der Waals surface area contributed by atoms with Crippen LogP contribution in [0.25, 0.3) is 32.9 Å². The lowest BCUT2D eigenvalue weighted by Gasteiger charge is -2.31. The number of ether oxygens (including phenoxy) is 2. The third-order valence-corrected chi connectivity index (χ3v) is 8.76.